The first-order valence-corrected chi connectivity index (χ1v) is 11.9. The van der Waals surface area contributed by atoms with Crippen LogP contribution in [0.1, 0.15) is 90.9 Å². The van der Waals surface area contributed by atoms with Crippen LogP contribution in [-0.2, 0) is 4.79 Å². The lowest BCUT2D eigenvalue weighted by molar-refractivity contribution is -0.134. The van der Waals surface area contributed by atoms with Crippen LogP contribution in [0.2, 0.25) is 0 Å². The molecule has 0 aromatic rings. The zero-order valence-electron chi connectivity index (χ0n) is 18.0. The van der Waals surface area contributed by atoms with E-state index >= 15 is 0 Å². The summed E-state index contributed by atoms with van der Waals surface area (Å²) in [5.41, 5.74) is 6.84. The SMILES string of the molecule is C[C@]12CC[C@@H](CCCCCN)CC1/C(=N/O)C[C@@H]1[C@@H]2CC[C@]2(C)C(=O)CC[C@@H]12. The van der Waals surface area contributed by atoms with E-state index in [0.29, 0.717) is 29.5 Å². The Morgan fingerprint density at radius 3 is 2.68 bits per heavy atom. The van der Waals surface area contributed by atoms with Crippen molar-refractivity contribution in [1.29, 1.82) is 0 Å². The quantitative estimate of drug-likeness (QED) is 0.387. The molecule has 3 N–H and O–H groups in total. The predicted molar refractivity (Wildman–Crippen MR) is 112 cm³/mol. The van der Waals surface area contributed by atoms with E-state index in [2.05, 4.69) is 19.0 Å². The summed E-state index contributed by atoms with van der Waals surface area (Å²) < 4.78 is 0. The zero-order valence-corrected chi connectivity index (χ0v) is 18.0. The third kappa shape index (κ3) is 3.14. The summed E-state index contributed by atoms with van der Waals surface area (Å²) in [5.74, 6) is 3.44. The van der Waals surface area contributed by atoms with E-state index < -0.39 is 0 Å². The number of nitrogens with zero attached hydrogens (tertiary/aromatic N) is 1. The molecule has 1 unspecified atom stereocenters. The fourth-order valence-electron chi connectivity index (χ4n) is 8.04. The number of ketones is 1. The van der Waals surface area contributed by atoms with Gasteiger partial charge in [-0.25, -0.2) is 0 Å². The first-order chi connectivity index (χ1) is 13.4. The lowest BCUT2D eigenvalue weighted by Gasteiger charge is -2.60. The Hall–Kier alpha value is -0.900. The molecule has 4 aliphatic carbocycles. The molecule has 0 saturated heterocycles. The maximum Gasteiger partial charge on any atom is 0.139 e. The first-order valence-electron chi connectivity index (χ1n) is 11.9. The molecule has 4 aliphatic rings. The average Bonchev–Trinajstić information content (AvgIpc) is 3.00. The molecule has 158 valence electrons. The summed E-state index contributed by atoms with van der Waals surface area (Å²) in [7, 11) is 0. The van der Waals surface area contributed by atoms with E-state index in [1.165, 1.54) is 44.9 Å². The number of oxime groups is 1. The highest BCUT2D eigenvalue weighted by Crippen LogP contribution is 2.65. The largest absolute Gasteiger partial charge is 0.411 e. The number of Topliss-reactive ketones (excluding diaryl/α,β-unsaturated/α-hetero) is 1. The number of hydrogen-bond acceptors (Lipinski definition) is 4. The van der Waals surface area contributed by atoms with Crippen molar-refractivity contribution in [1.82, 2.24) is 0 Å². The van der Waals surface area contributed by atoms with Gasteiger partial charge in [0, 0.05) is 17.8 Å². The first kappa shape index (κ1) is 20.4. The molecule has 0 heterocycles. The Morgan fingerprint density at radius 1 is 1.11 bits per heavy atom. The molecule has 4 nitrogen and oxygen atoms in total. The Balaban J connectivity index is 1.52. The van der Waals surface area contributed by atoms with Gasteiger partial charge in [-0.3, -0.25) is 4.79 Å². The number of carbonyl (C=O) groups is 1. The standard InChI is InChI=1S/C24H40N2O2/c1-23-11-9-16(6-4-3-5-13-25)14-20(23)21(26-28)15-17-18-7-8-22(27)24(18,2)12-10-19(17)23/h16-20,28H,3-15,25H2,1-2H3/b26-21+/t16-,17+,18+,19+,20?,23-,24+/m1/s1. The van der Waals surface area contributed by atoms with Crippen LogP contribution < -0.4 is 5.73 Å². The van der Waals surface area contributed by atoms with Crippen LogP contribution in [0.3, 0.4) is 0 Å². The van der Waals surface area contributed by atoms with E-state index in [-0.39, 0.29) is 10.8 Å². The van der Waals surface area contributed by atoms with Gasteiger partial charge in [0.15, 0.2) is 0 Å². The van der Waals surface area contributed by atoms with Crippen molar-refractivity contribution in [3.8, 4) is 0 Å². The van der Waals surface area contributed by atoms with Crippen molar-refractivity contribution in [2.45, 2.75) is 90.9 Å². The van der Waals surface area contributed by atoms with Gasteiger partial charge in [-0.1, -0.05) is 38.3 Å². The van der Waals surface area contributed by atoms with Crippen molar-refractivity contribution in [2.75, 3.05) is 6.54 Å². The minimum atomic E-state index is -0.106. The Labute approximate surface area is 170 Å². The molecule has 4 saturated carbocycles. The van der Waals surface area contributed by atoms with Gasteiger partial charge in [0.25, 0.3) is 0 Å². The molecule has 7 atom stereocenters. The molecule has 0 radical (unpaired) electrons. The normalized spacial score (nSPS) is 46.9. The minimum absolute atomic E-state index is 0.106. The number of unbranched alkanes of at least 4 members (excludes halogenated alkanes) is 2. The maximum absolute atomic E-state index is 12.6. The van der Waals surface area contributed by atoms with Crippen molar-refractivity contribution < 1.29 is 10.0 Å². The van der Waals surface area contributed by atoms with E-state index in [4.69, 9.17) is 5.73 Å². The van der Waals surface area contributed by atoms with E-state index in [1.807, 2.05) is 0 Å². The molecule has 0 bridgehead atoms. The van der Waals surface area contributed by atoms with Gasteiger partial charge < -0.3 is 10.9 Å². The maximum atomic E-state index is 12.6. The second-order valence-electron chi connectivity index (χ2n) is 10.9. The average molecular weight is 389 g/mol. The van der Waals surface area contributed by atoms with Gasteiger partial charge in [-0.05, 0) is 87.0 Å². The fraction of sp³-hybridized carbons (Fsp3) is 0.917. The summed E-state index contributed by atoms with van der Waals surface area (Å²) in [5, 5.41) is 13.8. The Bertz CT molecular complexity index is 632. The van der Waals surface area contributed by atoms with Crippen LogP contribution >= 0.6 is 0 Å². The predicted octanol–water partition coefficient (Wildman–Crippen LogP) is 5.17. The lowest BCUT2D eigenvalue weighted by Crippen LogP contribution is -2.56. The van der Waals surface area contributed by atoms with Crippen molar-refractivity contribution in [3.63, 3.8) is 0 Å². The third-order valence-corrected chi connectivity index (χ3v) is 9.74. The minimum Gasteiger partial charge on any atom is -0.411 e. The molecule has 28 heavy (non-hydrogen) atoms. The zero-order chi connectivity index (χ0) is 19.9. The van der Waals surface area contributed by atoms with Gasteiger partial charge in [-0.15, -0.1) is 0 Å². The van der Waals surface area contributed by atoms with Gasteiger partial charge in [0.1, 0.15) is 5.78 Å². The molecule has 4 fully saturated rings. The van der Waals surface area contributed by atoms with Gasteiger partial charge >= 0.3 is 0 Å². The topological polar surface area (TPSA) is 75.7 Å². The van der Waals surface area contributed by atoms with Crippen LogP contribution in [0, 0.1) is 40.4 Å². The number of fused-ring (bicyclic) bond motifs is 5. The van der Waals surface area contributed by atoms with Crippen LogP contribution in [-0.4, -0.2) is 23.2 Å². The summed E-state index contributed by atoms with van der Waals surface area (Å²) in [4.78, 5) is 12.6. The molecular weight excluding hydrogens is 348 g/mol. The molecule has 4 heteroatoms. The van der Waals surface area contributed by atoms with Crippen molar-refractivity contribution in [3.05, 3.63) is 0 Å². The van der Waals surface area contributed by atoms with E-state index in [1.54, 1.807) is 0 Å². The van der Waals surface area contributed by atoms with E-state index in [0.717, 1.165) is 50.3 Å². The van der Waals surface area contributed by atoms with Crippen LogP contribution in [0.4, 0.5) is 0 Å². The van der Waals surface area contributed by atoms with Crippen molar-refractivity contribution in [2.24, 2.45) is 51.3 Å². The van der Waals surface area contributed by atoms with Crippen molar-refractivity contribution >= 4 is 11.5 Å². The van der Waals surface area contributed by atoms with Crippen LogP contribution in [0.25, 0.3) is 0 Å². The molecule has 0 aliphatic heterocycles. The monoisotopic (exact) mass is 388 g/mol. The number of carbonyl (C=O) groups excluding carboxylic acids is 1. The van der Waals surface area contributed by atoms with Crippen LogP contribution in [0.15, 0.2) is 5.16 Å². The fourth-order valence-corrected chi connectivity index (χ4v) is 8.04. The summed E-state index contributed by atoms with van der Waals surface area (Å²) in [6, 6.07) is 0. The Kier molecular flexibility index (Phi) is 5.63. The molecule has 0 spiro atoms. The highest BCUT2D eigenvalue weighted by Gasteiger charge is 2.61. The molecule has 0 aromatic carbocycles. The third-order valence-electron chi connectivity index (χ3n) is 9.74. The van der Waals surface area contributed by atoms with Gasteiger partial charge in [0.05, 0.1) is 5.71 Å². The molecule has 0 aromatic heterocycles. The summed E-state index contributed by atoms with van der Waals surface area (Å²) in [6.07, 6.45) is 13.8. The number of rotatable bonds is 5. The summed E-state index contributed by atoms with van der Waals surface area (Å²) in [6.45, 7) is 5.52. The molecular formula is C24H40N2O2. The van der Waals surface area contributed by atoms with Crippen LogP contribution in [0.5, 0.6) is 0 Å². The van der Waals surface area contributed by atoms with E-state index in [9.17, 15) is 10.0 Å². The second kappa shape index (κ2) is 7.74. The lowest BCUT2D eigenvalue weighted by atomic mass is 9.44. The second-order valence-corrected chi connectivity index (χ2v) is 10.9. The highest BCUT2D eigenvalue weighted by molar-refractivity contribution is 5.90. The Morgan fingerprint density at radius 2 is 1.93 bits per heavy atom. The number of nitrogens with two attached hydrogens (primary N) is 1. The molecule has 0 amide bonds. The number of hydrogen-bond donors (Lipinski definition) is 2. The smallest absolute Gasteiger partial charge is 0.139 e. The summed E-state index contributed by atoms with van der Waals surface area (Å²) >= 11 is 0. The van der Waals surface area contributed by atoms with Gasteiger partial charge in [-0.2, -0.15) is 0 Å². The highest BCUT2D eigenvalue weighted by atomic mass is 16.4. The molecule has 4 rings (SSSR count). The van der Waals surface area contributed by atoms with Gasteiger partial charge in [0.2, 0.25) is 0 Å².